The van der Waals surface area contributed by atoms with E-state index in [1.807, 2.05) is 36.4 Å². The molecular weight excluding hydrogens is 288 g/mol. The second kappa shape index (κ2) is 6.92. The SMILES string of the molecule is O=C(O)CCc1cnc(C(c2ccccc2)c2ccccc2)[nH]1. The van der Waals surface area contributed by atoms with Crippen molar-refractivity contribution in [1.82, 2.24) is 9.97 Å². The molecule has 23 heavy (non-hydrogen) atoms. The van der Waals surface area contributed by atoms with Crippen molar-refractivity contribution in [2.75, 3.05) is 0 Å². The summed E-state index contributed by atoms with van der Waals surface area (Å²) in [6.07, 6.45) is 2.29. The molecule has 0 aliphatic carbocycles. The molecule has 0 saturated carbocycles. The largest absolute Gasteiger partial charge is 0.481 e. The number of carboxylic acids is 1. The number of imidazole rings is 1. The van der Waals surface area contributed by atoms with E-state index in [0.29, 0.717) is 6.42 Å². The fourth-order valence-corrected chi connectivity index (χ4v) is 2.69. The zero-order chi connectivity index (χ0) is 16.1. The molecule has 0 atom stereocenters. The summed E-state index contributed by atoms with van der Waals surface area (Å²) < 4.78 is 0. The van der Waals surface area contributed by atoms with Crippen LogP contribution in [0.2, 0.25) is 0 Å². The lowest BCUT2D eigenvalue weighted by Gasteiger charge is -2.15. The minimum Gasteiger partial charge on any atom is -0.481 e. The molecule has 0 bridgehead atoms. The predicted octanol–water partition coefficient (Wildman–Crippen LogP) is 3.61. The second-order valence-corrected chi connectivity index (χ2v) is 5.44. The Kier molecular flexibility index (Phi) is 4.52. The van der Waals surface area contributed by atoms with Crippen LogP contribution in [0, 0.1) is 0 Å². The molecule has 0 unspecified atom stereocenters. The number of aromatic amines is 1. The lowest BCUT2D eigenvalue weighted by atomic mass is 9.91. The van der Waals surface area contributed by atoms with Gasteiger partial charge in [-0.05, 0) is 17.5 Å². The first-order valence-electron chi connectivity index (χ1n) is 7.59. The summed E-state index contributed by atoms with van der Waals surface area (Å²) in [6, 6.07) is 20.4. The minimum atomic E-state index is -0.802. The summed E-state index contributed by atoms with van der Waals surface area (Å²) in [4.78, 5) is 18.5. The van der Waals surface area contributed by atoms with Crippen LogP contribution >= 0.6 is 0 Å². The number of aromatic nitrogens is 2. The standard InChI is InChI=1S/C19H18N2O2/c22-17(23)12-11-16-13-20-19(21-16)18(14-7-3-1-4-8-14)15-9-5-2-6-10-15/h1-10,13,18H,11-12H2,(H,20,21)(H,22,23). The third-order valence-electron chi connectivity index (χ3n) is 3.80. The van der Waals surface area contributed by atoms with E-state index < -0.39 is 5.97 Å². The Morgan fingerprint density at radius 2 is 1.57 bits per heavy atom. The monoisotopic (exact) mass is 306 g/mol. The van der Waals surface area contributed by atoms with Crippen LogP contribution in [0.3, 0.4) is 0 Å². The van der Waals surface area contributed by atoms with Gasteiger partial charge in [0, 0.05) is 11.9 Å². The maximum Gasteiger partial charge on any atom is 0.303 e. The Labute approximate surface area is 134 Å². The number of aliphatic carboxylic acids is 1. The Balaban J connectivity index is 1.95. The van der Waals surface area contributed by atoms with E-state index in [-0.39, 0.29) is 12.3 Å². The molecule has 0 fully saturated rings. The predicted molar refractivity (Wildman–Crippen MR) is 88.4 cm³/mol. The number of nitrogens with one attached hydrogen (secondary N) is 1. The van der Waals surface area contributed by atoms with E-state index in [1.54, 1.807) is 6.20 Å². The van der Waals surface area contributed by atoms with Crippen molar-refractivity contribution in [2.24, 2.45) is 0 Å². The highest BCUT2D eigenvalue weighted by Gasteiger charge is 2.19. The normalized spacial score (nSPS) is 10.8. The van der Waals surface area contributed by atoms with Crippen LogP contribution in [-0.2, 0) is 11.2 Å². The molecule has 0 saturated heterocycles. The number of hydrogen-bond donors (Lipinski definition) is 2. The number of hydrogen-bond acceptors (Lipinski definition) is 2. The number of rotatable bonds is 6. The number of benzene rings is 2. The summed E-state index contributed by atoms with van der Waals surface area (Å²) in [5.74, 6) is 0.0441. The molecule has 0 radical (unpaired) electrons. The molecule has 4 heteroatoms. The van der Waals surface area contributed by atoms with Gasteiger partial charge >= 0.3 is 5.97 Å². The van der Waals surface area contributed by atoms with Gasteiger partial charge in [0.15, 0.2) is 0 Å². The van der Waals surface area contributed by atoms with E-state index in [4.69, 9.17) is 5.11 Å². The zero-order valence-electron chi connectivity index (χ0n) is 12.6. The maximum absolute atomic E-state index is 10.7. The molecule has 3 rings (SSSR count). The highest BCUT2D eigenvalue weighted by atomic mass is 16.4. The van der Waals surface area contributed by atoms with Crippen LogP contribution in [0.1, 0.15) is 35.0 Å². The van der Waals surface area contributed by atoms with Gasteiger partial charge in [-0.2, -0.15) is 0 Å². The first kappa shape index (κ1) is 15.0. The molecule has 116 valence electrons. The van der Waals surface area contributed by atoms with Crippen molar-refractivity contribution in [1.29, 1.82) is 0 Å². The van der Waals surface area contributed by atoms with Gasteiger partial charge in [0.25, 0.3) is 0 Å². The third kappa shape index (κ3) is 3.66. The topological polar surface area (TPSA) is 66.0 Å². The molecule has 3 aromatic rings. The number of carboxylic acid groups (broad SMARTS) is 1. The third-order valence-corrected chi connectivity index (χ3v) is 3.80. The summed E-state index contributed by atoms with van der Waals surface area (Å²) in [6.45, 7) is 0. The van der Waals surface area contributed by atoms with Gasteiger partial charge in [-0.25, -0.2) is 4.98 Å². The van der Waals surface area contributed by atoms with Crippen molar-refractivity contribution in [2.45, 2.75) is 18.8 Å². The van der Waals surface area contributed by atoms with Crippen LogP contribution < -0.4 is 0 Å². The van der Waals surface area contributed by atoms with Crippen molar-refractivity contribution >= 4 is 5.97 Å². The van der Waals surface area contributed by atoms with Gasteiger partial charge in [-0.3, -0.25) is 4.79 Å². The average Bonchev–Trinajstić information content (AvgIpc) is 3.04. The molecule has 0 aliphatic heterocycles. The van der Waals surface area contributed by atoms with Gasteiger partial charge in [0.1, 0.15) is 5.82 Å². The van der Waals surface area contributed by atoms with Crippen LogP contribution in [0.15, 0.2) is 66.9 Å². The summed E-state index contributed by atoms with van der Waals surface area (Å²) in [7, 11) is 0. The van der Waals surface area contributed by atoms with E-state index in [9.17, 15) is 4.79 Å². The lowest BCUT2D eigenvalue weighted by molar-refractivity contribution is -0.136. The Morgan fingerprint density at radius 1 is 1.00 bits per heavy atom. The number of aryl methyl sites for hydroxylation is 1. The fraction of sp³-hybridized carbons (Fsp3) is 0.158. The number of nitrogens with zero attached hydrogens (tertiary/aromatic N) is 1. The molecule has 2 N–H and O–H groups in total. The zero-order valence-corrected chi connectivity index (χ0v) is 12.6. The molecule has 0 spiro atoms. The van der Waals surface area contributed by atoms with E-state index in [2.05, 4.69) is 34.2 Å². The average molecular weight is 306 g/mol. The summed E-state index contributed by atoms with van der Waals surface area (Å²) in [5.41, 5.74) is 3.15. The molecule has 2 aromatic carbocycles. The molecule has 0 aliphatic rings. The lowest BCUT2D eigenvalue weighted by Crippen LogP contribution is -2.05. The summed E-state index contributed by atoms with van der Waals surface area (Å²) >= 11 is 0. The van der Waals surface area contributed by atoms with Gasteiger partial charge < -0.3 is 10.1 Å². The number of H-pyrrole nitrogens is 1. The quantitative estimate of drug-likeness (QED) is 0.731. The minimum absolute atomic E-state index is 0.0102. The molecule has 0 amide bonds. The Bertz CT molecular complexity index is 727. The van der Waals surface area contributed by atoms with Gasteiger partial charge in [-0.1, -0.05) is 60.7 Å². The van der Waals surface area contributed by atoms with Gasteiger partial charge in [-0.15, -0.1) is 0 Å². The van der Waals surface area contributed by atoms with Crippen molar-refractivity contribution in [3.8, 4) is 0 Å². The van der Waals surface area contributed by atoms with Crippen molar-refractivity contribution in [3.05, 3.63) is 89.5 Å². The van der Waals surface area contributed by atoms with Gasteiger partial charge in [0.05, 0.1) is 12.3 Å². The highest BCUT2D eigenvalue weighted by molar-refractivity contribution is 5.66. The Morgan fingerprint density at radius 3 is 2.09 bits per heavy atom. The first-order valence-corrected chi connectivity index (χ1v) is 7.59. The first-order chi connectivity index (χ1) is 11.2. The maximum atomic E-state index is 10.7. The van der Waals surface area contributed by atoms with Gasteiger partial charge in [0.2, 0.25) is 0 Å². The van der Waals surface area contributed by atoms with E-state index in [0.717, 1.165) is 22.6 Å². The van der Waals surface area contributed by atoms with E-state index >= 15 is 0 Å². The van der Waals surface area contributed by atoms with Crippen LogP contribution in [0.5, 0.6) is 0 Å². The van der Waals surface area contributed by atoms with Crippen molar-refractivity contribution in [3.63, 3.8) is 0 Å². The van der Waals surface area contributed by atoms with E-state index in [1.165, 1.54) is 0 Å². The van der Waals surface area contributed by atoms with Crippen LogP contribution in [0.25, 0.3) is 0 Å². The molecule has 4 nitrogen and oxygen atoms in total. The number of carbonyl (C=O) groups is 1. The molecule has 1 heterocycles. The second-order valence-electron chi connectivity index (χ2n) is 5.44. The van der Waals surface area contributed by atoms with Crippen LogP contribution in [0.4, 0.5) is 0 Å². The highest BCUT2D eigenvalue weighted by Crippen LogP contribution is 2.29. The van der Waals surface area contributed by atoms with Crippen molar-refractivity contribution < 1.29 is 9.90 Å². The Hall–Kier alpha value is -2.88. The molecule has 1 aromatic heterocycles. The fourth-order valence-electron chi connectivity index (χ4n) is 2.69. The smallest absolute Gasteiger partial charge is 0.303 e. The molecular formula is C19H18N2O2. The summed E-state index contributed by atoms with van der Waals surface area (Å²) in [5, 5.41) is 8.81. The van der Waals surface area contributed by atoms with Crippen LogP contribution in [-0.4, -0.2) is 21.0 Å².